The summed E-state index contributed by atoms with van der Waals surface area (Å²) in [6.45, 7) is 1.70. The van der Waals surface area contributed by atoms with Gasteiger partial charge < -0.3 is 9.84 Å². The number of hydrogen-bond acceptors (Lipinski definition) is 3. The van der Waals surface area contributed by atoms with Crippen LogP contribution in [0.15, 0.2) is 47.1 Å². The van der Waals surface area contributed by atoms with Crippen LogP contribution in [0.4, 0.5) is 0 Å². The Morgan fingerprint density at radius 3 is 2.71 bits per heavy atom. The van der Waals surface area contributed by atoms with Crippen molar-refractivity contribution >= 4 is 15.9 Å². The van der Waals surface area contributed by atoms with Gasteiger partial charge in [0.2, 0.25) is 5.88 Å². The van der Waals surface area contributed by atoms with Gasteiger partial charge in [0.1, 0.15) is 5.75 Å². The van der Waals surface area contributed by atoms with Gasteiger partial charge in [-0.15, -0.1) is 0 Å². The number of aliphatic hydroxyl groups excluding tert-OH is 1. The third-order valence-corrected chi connectivity index (χ3v) is 2.75. The molecule has 1 atom stereocenters. The largest absolute Gasteiger partial charge is 0.439 e. The van der Waals surface area contributed by atoms with Gasteiger partial charge in [-0.1, -0.05) is 22.0 Å². The smallest absolute Gasteiger partial charge is 0.219 e. The lowest BCUT2D eigenvalue weighted by molar-refractivity contribution is 0.198. The molecule has 0 aliphatic heterocycles. The van der Waals surface area contributed by atoms with Crippen LogP contribution in [0, 0.1) is 0 Å². The van der Waals surface area contributed by atoms with Crippen molar-refractivity contribution in [3.63, 3.8) is 0 Å². The second-order valence-corrected chi connectivity index (χ2v) is 4.58. The van der Waals surface area contributed by atoms with Crippen molar-refractivity contribution < 1.29 is 9.84 Å². The molecule has 88 valence electrons. The standard InChI is InChI=1S/C13H12BrNO2/c1-9(16)10-5-6-13(15-8-10)17-12-4-2-3-11(14)7-12/h2-9,16H,1H3/t9-/m1/s1. The van der Waals surface area contributed by atoms with Gasteiger partial charge in [-0.2, -0.15) is 0 Å². The van der Waals surface area contributed by atoms with E-state index in [4.69, 9.17) is 4.74 Å². The molecule has 0 aliphatic rings. The van der Waals surface area contributed by atoms with E-state index in [1.54, 1.807) is 25.3 Å². The van der Waals surface area contributed by atoms with Crippen LogP contribution >= 0.6 is 15.9 Å². The van der Waals surface area contributed by atoms with Crippen LogP contribution < -0.4 is 4.74 Å². The summed E-state index contributed by atoms with van der Waals surface area (Å²) in [7, 11) is 0. The second-order valence-electron chi connectivity index (χ2n) is 3.67. The molecule has 17 heavy (non-hydrogen) atoms. The van der Waals surface area contributed by atoms with Gasteiger partial charge in [-0.25, -0.2) is 4.98 Å². The maximum absolute atomic E-state index is 9.35. The van der Waals surface area contributed by atoms with Gasteiger partial charge in [0.25, 0.3) is 0 Å². The van der Waals surface area contributed by atoms with E-state index in [0.717, 1.165) is 15.8 Å². The first-order chi connectivity index (χ1) is 8.15. The molecular weight excluding hydrogens is 282 g/mol. The SMILES string of the molecule is C[C@@H](O)c1ccc(Oc2cccc(Br)c2)nc1. The van der Waals surface area contributed by atoms with E-state index in [1.165, 1.54) is 0 Å². The zero-order chi connectivity index (χ0) is 12.3. The van der Waals surface area contributed by atoms with Gasteiger partial charge in [0.15, 0.2) is 0 Å². The predicted molar refractivity (Wildman–Crippen MR) is 69.1 cm³/mol. The van der Waals surface area contributed by atoms with Crippen LogP contribution in [0.25, 0.3) is 0 Å². The summed E-state index contributed by atoms with van der Waals surface area (Å²) in [4.78, 5) is 4.13. The Morgan fingerprint density at radius 2 is 2.12 bits per heavy atom. The van der Waals surface area contributed by atoms with Crippen LogP contribution in [0.5, 0.6) is 11.6 Å². The first-order valence-electron chi connectivity index (χ1n) is 5.22. The molecule has 0 saturated carbocycles. The van der Waals surface area contributed by atoms with Crippen molar-refractivity contribution in [2.24, 2.45) is 0 Å². The summed E-state index contributed by atoms with van der Waals surface area (Å²) >= 11 is 3.37. The average Bonchev–Trinajstić information content (AvgIpc) is 2.29. The Labute approximate surface area is 108 Å². The van der Waals surface area contributed by atoms with Crippen LogP contribution in [-0.4, -0.2) is 10.1 Å². The quantitative estimate of drug-likeness (QED) is 0.938. The number of halogens is 1. The Kier molecular flexibility index (Phi) is 3.76. The minimum Gasteiger partial charge on any atom is -0.439 e. The van der Waals surface area contributed by atoms with Crippen molar-refractivity contribution in [2.45, 2.75) is 13.0 Å². The number of benzene rings is 1. The average molecular weight is 294 g/mol. The monoisotopic (exact) mass is 293 g/mol. The molecule has 2 aromatic rings. The van der Waals surface area contributed by atoms with Crippen molar-refractivity contribution in [3.05, 3.63) is 52.6 Å². The van der Waals surface area contributed by atoms with Crippen molar-refractivity contribution in [3.8, 4) is 11.6 Å². The van der Waals surface area contributed by atoms with Gasteiger partial charge >= 0.3 is 0 Å². The van der Waals surface area contributed by atoms with Crippen molar-refractivity contribution in [1.29, 1.82) is 0 Å². The highest BCUT2D eigenvalue weighted by Gasteiger charge is 2.03. The molecule has 0 radical (unpaired) electrons. The molecule has 1 aromatic carbocycles. The van der Waals surface area contributed by atoms with Crippen molar-refractivity contribution in [1.82, 2.24) is 4.98 Å². The third kappa shape index (κ3) is 3.28. The van der Waals surface area contributed by atoms with E-state index in [2.05, 4.69) is 20.9 Å². The number of hydrogen-bond donors (Lipinski definition) is 1. The molecule has 0 bridgehead atoms. The molecule has 1 heterocycles. The Morgan fingerprint density at radius 1 is 1.29 bits per heavy atom. The predicted octanol–water partition coefficient (Wildman–Crippen LogP) is 3.69. The first kappa shape index (κ1) is 12.1. The van der Waals surface area contributed by atoms with E-state index < -0.39 is 6.10 Å². The normalized spacial score (nSPS) is 12.2. The molecule has 4 heteroatoms. The molecule has 3 nitrogen and oxygen atoms in total. The second kappa shape index (κ2) is 5.29. The lowest BCUT2D eigenvalue weighted by Gasteiger charge is -2.07. The molecule has 0 unspecified atom stereocenters. The minimum absolute atomic E-state index is 0.507. The fourth-order valence-electron chi connectivity index (χ4n) is 1.35. The zero-order valence-corrected chi connectivity index (χ0v) is 10.9. The topological polar surface area (TPSA) is 42.4 Å². The summed E-state index contributed by atoms with van der Waals surface area (Å²) < 4.78 is 6.53. The first-order valence-corrected chi connectivity index (χ1v) is 6.02. The summed E-state index contributed by atoms with van der Waals surface area (Å²) in [5, 5.41) is 9.35. The number of rotatable bonds is 3. The molecule has 1 N–H and O–H groups in total. The van der Waals surface area contributed by atoms with Crippen LogP contribution in [0.3, 0.4) is 0 Å². The van der Waals surface area contributed by atoms with Gasteiger partial charge in [0, 0.05) is 16.7 Å². The molecule has 1 aromatic heterocycles. The van der Waals surface area contributed by atoms with E-state index in [1.807, 2.05) is 24.3 Å². The maximum atomic E-state index is 9.35. The Balaban J connectivity index is 2.14. The van der Waals surface area contributed by atoms with Crippen LogP contribution in [0.2, 0.25) is 0 Å². The number of ether oxygens (including phenoxy) is 1. The summed E-state index contributed by atoms with van der Waals surface area (Å²) in [6.07, 6.45) is 1.10. The molecule has 0 amide bonds. The number of aromatic nitrogens is 1. The number of aliphatic hydroxyl groups is 1. The van der Waals surface area contributed by atoms with Crippen molar-refractivity contribution in [2.75, 3.05) is 0 Å². The molecule has 0 saturated heterocycles. The Hall–Kier alpha value is -1.39. The third-order valence-electron chi connectivity index (χ3n) is 2.26. The zero-order valence-electron chi connectivity index (χ0n) is 9.30. The van der Waals surface area contributed by atoms with E-state index in [-0.39, 0.29) is 0 Å². The summed E-state index contributed by atoms with van der Waals surface area (Å²) in [5.41, 5.74) is 0.770. The number of pyridine rings is 1. The highest BCUT2D eigenvalue weighted by molar-refractivity contribution is 9.10. The van der Waals surface area contributed by atoms with Gasteiger partial charge in [0.05, 0.1) is 6.10 Å². The van der Waals surface area contributed by atoms with Gasteiger partial charge in [-0.05, 0) is 36.8 Å². The summed E-state index contributed by atoms with van der Waals surface area (Å²) in [6, 6.07) is 11.1. The minimum atomic E-state index is -0.512. The lowest BCUT2D eigenvalue weighted by atomic mass is 10.2. The highest BCUT2D eigenvalue weighted by Crippen LogP contribution is 2.23. The van der Waals surface area contributed by atoms with E-state index in [9.17, 15) is 5.11 Å². The van der Waals surface area contributed by atoms with Crippen LogP contribution in [-0.2, 0) is 0 Å². The van der Waals surface area contributed by atoms with Crippen LogP contribution in [0.1, 0.15) is 18.6 Å². The molecule has 0 spiro atoms. The lowest BCUT2D eigenvalue weighted by Crippen LogP contribution is -1.93. The molecular formula is C13H12BrNO2. The molecule has 2 rings (SSSR count). The maximum Gasteiger partial charge on any atom is 0.219 e. The summed E-state index contributed by atoms with van der Waals surface area (Å²) in [5.74, 6) is 1.23. The van der Waals surface area contributed by atoms with Gasteiger partial charge in [-0.3, -0.25) is 0 Å². The highest BCUT2D eigenvalue weighted by atomic mass is 79.9. The van der Waals surface area contributed by atoms with E-state index in [0.29, 0.717) is 5.88 Å². The fraction of sp³-hybridized carbons (Fsp3) is 0.154. The molecule has 0 aliphatic carbocycles. The Bertz CT molecular complexity index is 497. The van der Waals surface area contributed by atoms with E-state index >= 15 is 0 Å². The fourth-order valence-corrected chi connectivity index (χ4v) is 1.73. The molecule has 0 fully saturated rings. The number of nitrogens with zero attached hydrogens (tertiary/aromatic N) is 1.